The van der Waals surface area contributed by atoms with Crippen molar-refractivity contribution in [1.82, 2.24) is 4.90 Å². The summed E-state index contributed by atoms with van der Waals surface area (Å²) in [6.07, 6.45) is 2.60. The first kappa shape index (κ1) is 26.6. The number of benzene rings is 1. The SMILES string of the molecule is C=CCN(C(=O)C1N([C@@H](CO)[C@@H](C)CC)C(=O)[C@@H]2[C@H](C(=O)O)[C@@]3(C)OC12CC3C)c1ccccc1Cl. The molecule has 0 radical (unpaired) electrons. The van der Waals surface area contributed by atoms with Crippen molar-refractivity contribution in [1.29, 1.82) is 0 Å². The number of carboxylic acids is 1. The van der Waals surface area contributed by atoms with Gasteiger partial charge in [0.05, 0.1) is 34.9 Å². The first-order chi connectivity index (χ1) is 17.0. The number of carboxylic acid groups (broad SMARTS) is 1. The summed E-state index contributed by atoms with van der Waals surface area (Å²) in [4.78, 5) is 44.0. The lowest BCUT2D eigenvalue weighted by atomic mass is 9.62. The Kier molecular flexibility index (Phi) is 7.01. The van der Waals surface area contributed by atoms with E-state index < -0.39 is 52.9 Å². The zero-order valence-electron chi connectivity index (χ0n) is 21.2. The highest BCUT2D eigenvalue weighted by molar-refractivity contribution is 6.34. The van der Waals surface area contributed by atoms with Gasteiger partial charge in [0.25, 0.3) is 5.91 Å². The number of aliphatic hydroxyl groups is 1. The average molecular weight is 519 g/mol. The molecule has 3 saturated heterocycles. The summed E-state index contributed by atoms with van der Waals surface area (Å²) in [5.74, 6) is -4.45. The van der Waals surface area contributed by atoms with E-state index in [1.165, 1.54) is 9.80 Å². The lowest BCUT2D eigenvalue weighted by Crippen LogP contribution is -2.60. The summed E-state index contributed by atoms with van der Waals surface area (Å²) >= 11 is 6.47. The van der Waals surface area contributed by atoms with Gasteiger partial charge in [-0.3, -0.25) is 14.4 Å². The monoisotopic (exact) mass is 518 g/mol. The molecule has 9 heteroatoms. The van der Waals surface area contributed by atoms with Crippen LogP contribution in [0.5, 0.6) is 0 Å². The molecule has 2 bridgehead atoms. The lowest BCUT2D eigenvalue weighted by Gasteiger charge is -2.41. The zero-order chi connectivity index (χ0) is 26.6. The van der Waals surface area contributed by atoms with E-state index in [9.17, 15) is 24.6 Å². The number of aliphatic carboxylic acids is 1. The maximum absolute atomic E-state index is 14.5. The molecule has 4 rings (SSSR count). The van der Waals surface area contributed by atoms with Crippen LogP contribution in [-0.4, -0.2) is 69.3 Å². The standard InChI is InChI=1S/C27H35ClN2O6/c1-6-12-29(18-11-9-8-10-17(18)28)24(33)22-27-13-16(4)26(5,36-27)21(25(34)35)20(27)23(32)30(22)19(14-31)15(3)7-2/h6,8-11,15-16,19-22,31H,1,7,12-14H2,2-5H3,(H,34,35)/t15-,16?,19-,20-,21+,22?,26-,27?/m0/s1. The number of nitrogens with zero attached hydrogens (tertiary/aromatic N) is 2. The second-order valence-electron chi connectivity index (χ2n) is 10.6. The third kappa shape index (κ3) is 3.60. The fourth-order valence-electron chi connectivity index (χ4n) is 6.76. The zero-order valence-corrected chi connectivity index (χ0v) is 21.9. The Morgan fingerprint density at radius 2 is 2.06 bits per heavy atom. The van der Waals surface area contributed by atoms with E-state index in [1.54, 1.807) is 37.3 Å². The second kappa shape index (κ2) is 9.47. The summed E-state index contributed by atoms with van der Waals surface area (Å²) in [5.41, 5.74) is -1.95. The van der Waals surface area contributed by atoms with Crippen LogP contribution in [-0.2, 0) is 19.1 Å². The number of hydrogen-bond donors (Lipinski definition) is 2. The smallest absolute Gasteiger partial charge is 0.310 e. The van der Waals surface area contributed by atoms with E-state index >= 15 is 0 Å². The van der Waals surface area contributed by atoms with E-state index in [0.29, 0.717) is 23.6 Å². The Balaban J connectivity index is 1.92. The first-order valence-electron chi connectivity index (χ1n) is 12.5. The Morgan fingerprint density at radius 3 is 2.61 bits per heavy atom. The molecular weight excluding hydrogens is 484 g/mol. The van der Waals surface area contributed by atoms with Gasteiger partial charge in [-0.15, -0.1) is 6.58 Å². The molecule has 3 heterocycles. The van der Waals surface area contributed by atoms with Crippen molar-refractivity contribution in [2.75, 3.05) is 18.1 Å². The van der Waals surface area contributed by atoms with Crippen LogP contribution in [0, 0.1) is 23.7 Å². The maximum atomic E-state index is 14.5. The summed E-state index contributed by atoms with van der Waals surface area (Å²) in [5, 5.41) is 21.0. The van der Waals surface area contributed by atoms with E-state index in [0.717, 1.165) is 0 Å². The molecule has 1 aromatic carbocycles. The van der Waals surface area contributed by atoms with Gasteiger partial charge < -0.3 is 24.7 Å². The predicted molar refractivity (Wildman–Crippen MR) is 136 cm³/mol. The van der Waals surface area contributed by atoms with Gasteiger partial charge >= 0.3 is 5.97 Å². The van der Waals surface area contributed by atoms with Crippen LogP contribution in [0.3, 0.4) is 0 Å². The minimum absolute atomic E-state index is 0.129. The molecule has 2 N–H and O–H groups in total. The maximum Gasteiger partial charge on any atom is 0.310 e. The molecule has 8 nitrogen and oxygen atoms in total. The first-order valence-corrected chi connectivity index (χ1v) is 12.9. The Bertz CT molecular complexity index is 1080. The van der Waals surface area contributed by atoms with Crippen LogP contribution < -0.4 is 4.90 Å². The fraction of sp³-hybridized carbons (Fsp3) is 0.593. The normalized spacial score (nSPS) is 34.4. The number of carbonyl (C=O) groups excluding carboxylic acids is 2. The molecule has 1 aromatic rings. The highest BCUT2D eigenvalue weighted by Gasteiger charge is 2.80. The second-order valence-corrected chi connectivity index (χ2v) is 11.0. The van der Waals surface area contributed by atoms with Gasteiger partial charge in [-0.1, -0.05) is 57.0 Å². The van der Waals surface area contributed by atoms with Crippen LogP contribution in [0.2, 0.25) is 5.02 Å². The molecule has 1 spiro atoms. The van der Waals surface area contributed by atoms with Crippen molar-refractivity contribution in [3.8, 4) is 0 Å². The Morgan fingerprint density at radius 1 is 1.39 bits per heavy atom. The Hall–Kier alpha value is -2.42. The van der Waals surface area contributed by atoms with Gasteiger partial charge in [-0.2, -0.15) is 0 Å². The number of rotatable bonds is 9. The summed E-state index contributed by atoms with van der Waals surface area (Å²) in [7, 11) is 0. The summed E-state index contributed by atoms with van der Waals surface area (Å²) in [6.45, 7) is 11.1. The quantitative estimate of drug-likeness (QED) is 0.485. The van der Waals surface area contributed by atoms with E-state index in [4.69, 9.17) is 16.3 Å². The molecule has 196 valence electrons. The molecule has 0 aliphatic carbocycles. The Labute approximate surface area is 216 Å². The van der Waals surface area contributed by atoms with Gasteiger partial charge in [0, 0.05) is 6.54 Å². The summed E-state index contributed by atoms with van der Waals surface area (Å²) in [6, 6.07) is 5.12. The predicted octanol–water partition coefficient (Wildman–Crippen LogP) is 3.36. The van der Waals surface area contributed by atoms with Crippen molar-refractivity contribution in [2.24, 2.45) is 23.7 Å². The average Bonchev–Trinajstić information content (AvgIpc) is 3.35. The van der Waals surface area contributed by atoms with Gasteiger partial charge in [0.1, 0.15) is 17.6 Å². The number of likely N-dealkylation sites (tertiary alicyclic amines) is 1. The number of para-hydroxylation sites is 1. The number of amides is 2. The number of halogens is 1. The summed E-state index contributed by atoms with van der Waals surface area (Å²) < 4.78 is 6.56. The number of aliphatic hydroxyl groups excluding tert-OH is 1. The molecule has 36 heavy (non-hydrogen) atoms. The largest absolute Gasteiger partial charge is 0.481 e. The molecule has 8 atom stereocenters. The highest BCUT2D eigenvalue weighted by Crippen LogP contribution is 2.65. The molecule has 0 saturated carbocycles. The third-order valence-corrected chi connectivity index (χ3v) is 9.14. The number of carbonyl (C=O) groups is 3. The third-order valence-electron chi connectivity index (χ3n) is 8.82. The molecule has 0 aromatic heterocycles. The molecule has 3 unspecified atom stereocenters. The number of ether oxygens (including phenoxy) is 1. The van der Waals surface area contributed by atoms with Crippen LogP contribution in [0.1, 0.15) is 40.5 Å². The number of anilines is 1. The minimum atomic E-state index is -1.33. The molecule has 3 aliphatic rings. The molecule has 2 amide bonds. The molecular formula is C27H35ClN2O6. The fourth-order valence-corrected chi connectivity index (χ4v) is 7.00. The van der Waals surface area contributed by atoms with Gasteiger partial charge in [-0.05, 0) is 37.3 Å². The number of fused-ring (bicyclic) bond motifs is 1. The topological polar surface area (TPSA) is 107 Å². The van der Waals surface area contributed by atoms with Gasteiger partial charge in [0.2, 0.25) is 5.91 Å². The van der Waals surface area contributed by atoms with E-state index in [2.05, 4.69) is 6.58 Å². The van der Waals surface area contributed by atoms with Crippen molar-refractivity contribution in [3.63, 3.8) is 0 Å². The lowest BCUT2D eigenvalue weighted by molar-refractivity contribution is -0.158. The van der Waals surface area contributed by atoms with Crippen LogP contribution in [0.4, 0.5) is 5.69 Å². The van der Waals surface area contributed by atoms with Crippen LogP contribution >= 0.6 is 11.6 Å². The minimum Gasteiger partial charge on any atom is -0.481 e. The van der Waals surface area contributed by atoms with Crippen LogP contribution in [0.25, 0.3) is 0 Å². The van der Waals surface area contributed by atoms with Crippen molar-refractivity contribution in [2.45, 2.75) is 63.8 Å². The molecule has 3 fully saturated rings. The van der Waals surface area contributed by atoms with Crippen molar-refractivity contribution < 1.29 is 29.3 Å². The van der Waals surface area contributed by atoms with Crippen molar-refractivity contribution >= 4 is 35.1 Å². The van der Waals surface area contributed by atoms with E-state index in [1.807, 2.05) is 20.8 Å². The van der Waals surface area contributed by atoms with Gasteiger partial charge in [0.15, 0.2) is 0 Å². The van der Waals surface area contributed by atoms with E-state index in [-0.39, 0.29) is 25.0 Å². The van der Waals surface area contributed by atoms with Crippen LogP contribution in [0.15, 0.2) is 36.9 Å². The number of hydrogen-bond acceptors (Lipinski definition) is 5. The molecule has 3 aliphatic heterocycles. The van der Waals surface area contributed by atoms with Crippen molar-refractivity contribution in [3.05, 3.63) is 41.9 Å². The van der Waals surface area contributed by atoms with Gasteiger partial charge in [-0.25, -0.2) is 0 Å². The highest BCUT2D eigenvalue weighted by atomic mass is 35.5.